The van der Waals surface area contributed by atoms with Crippen LogP contribution in [0.5, 0.6) is 0 Å². The molecular weight excluding hydrogens is 288 g/mol. The number of likely N-dealkylation sites (tertiary alicyclic amines) is 1. The summed E-state index contributed by atoms with van der Waals surface area (Å²) in [6.07, 6.45) is 4.26. The summed E-state index contributed by atoms with van der Waals surface area (Å²) in [4.78, 5) is 2.69. The fourth-order valence-electron chi connectivity index (χ4n) is 2.85. The van der Waals surface area contributed by atoms with Crippen molar-refractivity contribution in [3.8, 4) is 0 Å². The molecule has 98 valence electrons. The van der Waals surface area contributed by atoms with Crippen LogP contribution in [-0.2, 0) is 6.54 Å². The highest BCUT2D eigenvalue weighted by Crippen LogP contribution is 2.31. The minimum absolute atomic E-state index is 0.855. The summed E-state index contributed by atoms with van der Waals surface area (Å²) in [7, 11) is 0. The van der Waals surface area contributed by atoms with Crippen LogP contribution in [-0.4, -0.2) is 30.6 Å². The molecule has 1 atom stereocenters. The molecule has 1 saturated carbocycles. The first-order valence-electron chi connectivity index (χ1n) is 7.01. The third-order valence-corrected chi connectivity index (χ3v) is 4.86. The minimum atomic E-state index is 0.855. The monoisotopic (exact) mass is 308 g/mol. The number of benzene rings is 1. The van der Waals surface area contributed by atoms with Crippen LogP contribution in [0, 0.1) is 5.92 Å². The van der Waals surface area contributed by atoms with Crippen molar-refractivity contribution in [3.05, 3.63) is 34.3 Å². The molecule has 2 nitrogen and oxygen atoms in total. The van der Waals surface area contributed by atoms with Crippen LogP contribution in [0.3, 0.4) is 0 Å². The summed E-state index contributed by atoms with van der Waals surface area (Å²) < 4.78 is 1.21. The second-order valence-corrected chi connectivity index (χ2v) is 6.46. The van der Waals surface area contributed by atoms with Crippen LogP contribution in [0.2, 0.25) is 0 Å². The van der Waals surface area contributed by atoms with Crippen molar-refractivity contribution in [1.82, 2.24) is 10.2 Å². The predicted octanol–water partition coefficient (Wildman–Crippen LogP) is 3.02. The zero-order chi connectivity index (χ0) is 12.4. The van der Waals surface area contributed by atoms with Gasteiger partial charge >= 0.3 is 0 Å². The number of hydrogen-bond donors (Lipinski definition) is 1. The zero-order valence-corrected chi connectivity index (χ0v) is 12.3. The summed E-state index contributed by atoms with van der Waals surface area (Å²) in [5.74, 6) is 0.855. The fourth-order valence-corrected chi connectivity index (χ4v) is 3.28. The maximum absolute atomic E-state index is 3.61. The predicted molar refractivity (Wildman–Crippen MR) is 78.6 cm³/mol. The topological polar surface area (TPSA) is 15.3 Å². The van der Waals surface area contributed by atoms with E-state index in [-0.39, 0.29) is 0 Å². The smallest absolute Gasteiger partial charge is 0.0220 e. The Bertz CT molecular complexity index is 403. The van der Waals surface area contributed by atoms with E-state index in [1.165, 1.54) is 42.4 Å². The van der Waals surface area contributed by atoms with Crippen LogP contribution in [0.4, 0.5) is 0 Å². The molecule has 1 aliphatic carbocycles. The van der Waals surface area contributed by atoms with E-state index in [2.05, 4.69) is 50.4 Å². The maximum atomic E-state index is 3.61. The Morgan fingerprint density at radius 1 is 1.22 bits per heavy atom. The molecule has 2 fully saturated rings. The van der Waals surface area contributed by atoms with Crippen molar-refractivity contribution in [3.63, 3.8) is 0 Å². The first-order chi connectivity index (χ1) is 8.83. The molecule has 0 spiro atoms. The van der Waals surface area contributed by atoms with Gasteiger partial charge in [0.2, 0.25) is 0 Å². The lowest BCUT2D eigenvalue weighted by Gasteiger charge is -2.15. The van der Waals surface area contributed by atoms with E-state index < -0.39 is 0 Å². The Hall–Kier alpha value is -0.380. The van der Waals surface area contributed by atoms with Crippen molar-refractivity contribution in [2.45, 2.75) is 31.8 Å². The maximum Gasteiger partial charge on any atom is 0.0220 e. The molecular formula is C15H21BrN2. The van der Waals surface area contributed by atoms with E-state index >= 15 is 0 Å². The van der Waals surface area contributed by atoms with E-state index in [1.54, 1.807) is 0 Å². The number of halogens is 1. The van der Waals surface area contributed by atoms with Gasteiger partial charge in [-0.15, -0.1) is 0 Å². The molecule has 1 N–H and O–H groups in total. The average Bonchev–Trinajstić information content (AvgIpc) is 3.12. The Kier molecular flexibility index (Phi) is 4.02. The molecule has 3 rings (SSSR count). The van der Waals surface area contributed by atoms with Gasteiger partial charge in [-0.05, 0) is 49.9 Å². The van der Waals surface area contributed by atoms with Gasteiger partial charge in [-0.3, -0.25) is 0 Å². The van der Waals surface area contributed by atoms with Gasteiger partial charge in [-0.25, -0.2) is 0 Å². The number of hydrogen-bond acceptors (Lipinski definition) is 2. The normalized spacial score (nSPS) is 24.6. The van der Waals surface area contributed by atoms with Crippen LogP contribution >= 0.6 is 15.9 Å². The van der Waals surface area contributed by atoms with Gasteiger partial charge in [0.1, 0.15) is 0 Å². The first-order valence-corrected chi connectivity index (χ1v) is 7.80. The van der Waals surface area contributed by atoms with Crippen LogP contribution in [0.25, 0.3) is 0 Å². The summed E-state index contributed by atoms with van der Waals surface area (Å²) in [6, 6.07) is 9.41. The Morgan fingerprint density at radius 3 is 2.83 bits per heavy atom. The third kappa shape index (κ3) is 3.14. The molecule has 3 heteroatoms. The average molecular weight is 309 g/mol. The van der Waals surface area contributed by atoms with E-state index in [0.29, 0.717) is 0 Å². The van der Waals surface area contributed by atoms with Crippen molar-refractivity contribution in [1.29, 1.82) is 0 Å². The minimum Gasteiger partial charge on any atom is -0.312 e. The molecule has 0 aromatic heterocycles. The third-order valence-electron chi connectivity index (χ3n) is 4.09. The molecule has 0 bridgehead atoms. The molecule has 0 amide bonds. The van der Waals surface area contributed by atoms with Gasteiger partial charge in [0.05, 0.1) is 0 Å². The van der Waals surface area contributed by atoms with Crippen molar-refractivity contribution < 1.29 is 0 Å². The lowest BCUT2D eigenvalue weighted by atomic mass is 10.1. The standard InChI is InChI=1S/C15H21BrN2/c16-15-4-2-1-3-13(15)10-17-9-12-7-8-18(11-12)14-5-6-14/h1-4,12,14,17H,5-11H2. The van der Waals surface area contributed by atoms with Crippen LogP contribution in [0.1, 0.15) is 24.8 Å². The lowest BCUT2D eigenvalue weighted by Crippen LogP contribution is -2.27. The summed E-state index contributed by atoms with van der Waals surface area (Å²) in [5.41, 5.74) is 1.36. The molecule has 1 aliphatic heterocycles. The Labute approximate surface area is 118 Å². The van der Waals surface area contributed by atoms with Crippen molar-refractivity contribution in [2.75, 3.05) is 19.6 Å². The molecule has 1 saturated heterocycles. The van der Waals surface area contributed by atoms with Gasteiger partial charge in [0.15, 0.2) is 0 Å². The molecule has 0 radical (unpaired) electrons. The SMILES string of the molecule is Brc1ccccc1CNCC1CCN(C2CC2)C1. The molecule has 18 heavy (non-hydrogen) atoms. The second-order valence-electron chi connectivity index (χ2n) is 5.60. The Balaban J connectivity index is 1.41. The summed E-state index contributed by atoms with van der Waals surface area (Å²) >= 11 is 3.60. The van der Waals surface area contributed by atoms with Gasteiger partial charge in [0, 0.05) is 23.6 Å². The number of nitrogens with zero attached hydrogens (tertiary/aromatic N) is 1. The van der Waals surface area contributed by atoms with E-state index in [9.17, 15) is 0 Å². The van der Waals surface area contributed by atoms with E-state index in [1.807, 2.05) is 0 Å². The van der Waals surface area contributed by atoms with Gasteiger partial charge in [0.25, 0.3) is 0 Å². The van der Waals surface area contributed by atoms with Gasteiger partial charge < -0.3 is 10.2 Å². The first kappa shape index (κ1) is 12.6. The summed E-state index contributed by atoms with van der Waals surface area (Å²) in [6.45, 7) is 4.77. The quantitative estimate of drug-likeness (QED) is 0.899. The second kappa shape index (κ2) is 5.72. The molecule has 1 aromatic rings. The fraction of sp³-hybridized carbons (Fsp3) is 0.600. The number of nitrogens with one attached hydrogen (secondary N) is 1. The number of rotatable bonds is 5. The highest BCUT2D eigenvalue weighted by atomic mass is 79.9. The van der Waals surface area contributed by atoms with Gasteiger partial charge in [-0.2, -0.15) is 0 Å². The van der Waals surface area contributed by atoms with Crippen LogP contribution < -0.4 is 5.32 Å². The highest BCUT2D eigenvalue weighted by molar-refractivity contribution is 9.10. The molecule has 2 aliphatic rings. The zero-order valence-electron chi connectivity index (χ0n) is 10.7. The molecule has 1 unspecified atom stereocenters. The van der Waals surface area contributed by atoms with Crippen LogP contribution in [0.15, 0.2) is 28.7 Å². The van der Waals surface area contributed by atoms with Crippen molar-refractivity contribution >= 4 is 15.9 Å². The summed E-state index contributed by atoms with van der Waals surface area (Å²) in [5, 5.41) is 3.61. The van der Waals surface area contributed by atoms with E-state index in [0.717, 1.165) is 25.0 Å². The van der Waals surface area contributed by atoms with Crippen molar-refractivity contribution in [2.24, 2.45) is 5.92 Å². The molecule has 1 heterocycles. The lowest BCUT2D eigenvalue weighted by molar-refractivity contribution is 0.312. The van der Waals surface area contributed by atoms with E-state index in [4.69, 9.17) is 0 Å². The highest BCUT2D eigenvalue weighted by Gasteiger charge is 2.33. The largest absolute Gasteiger partial charge is 0.312 e. The van der Waals surface area contributed by atoms with Gasteiger partial charge in [-0.1, -0.05) is 34.1 Å². The molecule has 1 aromatic carbocycles. The Morgan fingerprint density at radius 2 is 2.06 bits per heavy atom.